The number of fused-ring (bicyclic) bond motifs is 2. The maximum atomic E-state index is 13.7. The van der Waals surface area contributed by atoms with E-state index in [1.165, 1.54) is 4.68 Å². The summed E-state index contributed by atoms with van der Waals surface area (Å²) in [6.07, 6.45) is 2.12. The van der Waals surface area contributed by atoms with Crippen LogP contribution in [0, 0.1) is 18.8 Å². The molecule has 0 spiro atoms. The Morgan fingerprint density at radius 1 is 1.28 bits per heavy atom. The molecule has 0 radical (unpaired) electrons. The number of nitrogens with zero attached hydrogens (tertiary/aromatic N) is 6. The lowest BCUT2D eigenvalue weighted by Crippen LogP contribution is -2.48. The van der Waals surface area contributed by atoms with Gasteiger partial charge < -0.3 is 15.3 Å². The van der Waals surface area contributed by atoms with Crippen LogP contribution in [0.4, 0.5) is 10.7 Å². The SMILES string of the molecule is CC#CCn1c(N2CCCC(NC(=O)O)C2)nc2cnn(Cc3nc(C)cc4ccccc34)c(=O)c21. The van der Waals surface area contributed by atoms with Crippen LogP contribution in [0.25, 0.3) is 21.8 Å². The first-order chi connectivity index (χ1) is 17.4. The van der Waals surface area contributed by atoms with Gasteiger partial charge in [0.15, 0.2) is 0 Å². The first-order valence-corrected chi connectivity index (χ1v) is 11.9. The maximum Gasteiger partial charge on any atom is 0.404 e. The second-order valence-corrected chi connectivity index (χ2v) is 8.93. The molecule has 5 rings (SSSR count). The molecule has 4 aromatic rings. The molecule has 1 aromatic carbocycles. The zero-order valence-corrected chi connectivity index (χ0v) is 20.2. The van der Waals surface area contributed by atoms with Gasteiger partial charge in [-0.15, -0.1) is 5.92 Å². The molecular formula is C26H27N7O3. The summed E-state index contributed by atoms with van der Waals surface area (Å²) in [6.45, 7) is 5.38. The normalized spacial score (nSPS) is 15.6. The fraction of sp³-hybridized carbons (Fsp3) is 0.346. The summed E-state index contributed by atoms with van der Waals surface area (Å²) >= 11 is 0. The quantitative estimate of drug-likeness (QED) is 0.417. The molecule has 10 heteroatoms. The number of amides is 1. The van der Waals surface area contributed by atoms with Gasteiger partial charge in [-0.3, -0.25) is 14.3 Å². The third-order valence-corrected chi connectivity index (χ3v) is 6.42. The highest BCUT2D eigenvalue weighted by Gasteiger charge is 2.26. The van der Waals surface area contributed by atoms with E-state index in [0.717, 1.165) is 35.0 Å². The van der Waals surface area contributed by atoms with E-state index in [2.05, 4.69) is 22.3 Å². The first-order valence-electron chi connectivity index (χ1n) is 11.9. The summed E-state index contributed by atoms with van der Waals surface area (Å²) in [5.41, 5.74) is 2.29. The molecule has 0 saturated carbocycles. The minimum Gasteiger partial charge on any atom is -0.465 e. The van der Waals surface area contributed by atoms with Crippen molar-refractivity contribution < 1.29 is 9.90 Å². The molecule has 184 valence electrons. The predicted molar refractivity (Wildman–Crippen MR) is 137 cm³/mol. The molecule has 1 atom stereocenters. The smallest absolute Gasteiger partial charge is 0.404 e. The van der Waals surface area contributed by atoms with Crippen LogP contribution in [-0.2, 0) is 13.1 Å². The first kappa shape index (κ1) is 23.4. The number of aromatic nitrogens is 5. The van der Waals surface area contributed by atoms with Crippen molar-refractivity contribution in [3.63, 3.8) is 0 Å². The topological polar surface area (TPSA) is 118 Å². The highest BCUT2D eigenvalue weighted by atomic mass is 16.4. The number of aryl methyl sites for hydroxylation is 1. The monoisotopic (exact) mass is 485 g/mol. The number of hydrogen-bond acceptors (Lipinski definition) is 6. The van der Waals surface area contributed by atoms with Crippen LogP contribution in [0.3, 0.4) is 0 Å². The summed E-state index contributed by atoms with van der Waals surface area (Å²) in [7, 11) is 0. The van der Waals surface area contributed by atoms with E-state index in [9.17, 15) is 9.59 Å². The van der Waals surface area contributed by atoms with Crippen LogP contribution in [0.1, 0.15) is 31.2 Å². The van der Waals surface area contributed by atoms with Crippen molar-refractivity contribution in [1.29, 1.82) is 0 Å². The number of carbonyl (C=O) groups is 1. The maximum absolute atomic E-state index is 13.7. The number of pyridine rings is 1. The Kier molecular flexibility index (Phi) is 6.29. The summed E-state index contributed by atoms with van der Waals surface area (Å²) in [5.74, 6) is 6.54. The van der Waals surface area contributed by atoms with Gasteiger partial charge in [-0.25, -0.2) is 14.5 Å². The lowest BCUT2D eigenvalue weighted by molar-refractivity contribution is 0.188. The molecule has 4 heterocycles. The molecule has 1 aliphatic rings. The Balaban J connectivity index is 1.58. The summed E-state index contributed by atoms with van der Waals surface area (Å²) in [6, 6.07) is 9.78. The number of imidazole rings is 1. The molecule has 0 aliphatic carbocycles. The van der Waals surface area contributed by atoms with Gasteiger partial charge in [0.1, 0.15) is 11.0 Å². The minimum atomic E-state index is -1.04. The van der Waals surface area contributed by atoms with E-state index >= 15 is 0 Å². The third kappa shape index (κ3) is 4.47. The van der Waals surface area contributed by atoms with E-state index in [0.29, 0.717) is 36.6 Å². The number of anilines is 1. The van der Waals surface area contributed by atoms with Crippen LogP contribution in [-0.4, -0.2) is 54.6 Å². The molecule has 2 N–H and O–H groups in total. The van der Waals surface area contributed by atoms with Gasteiger partial charge >= 0.3 is 6.09 Å². The van der Waals surface area contributed by atoms with Crippen LogP contribution in [0.15, 0.2) is 41.3 Å². The van der Waals surface area contributed by atoms with Gasteiger partial charge in [-0.05, 0) is 38.1 Å². The van der Waals surface area contributed by atoms with Gasteiger partial charge in [0.2, 0.25) is 5.95 Å². The van der Waals surface area contributed by atoms with E-state index in [-0.39, 0.29) is 18.1 Å². The van der Waals surface area contributed by atoms with Crippen molar-refractivity contribution >= 4 is 33.8 Å². The molecule has 1 fully saturated rings. The number of piperidine rings is 1. The zero-order valence-electron chi connectivity index (χ0n) is 20.2. The van der Waals surface area contributed by atoms with E-state index < -0.39 is 6.09 Å². The highest BCUT2D eigenvalue weighted by Crippen LogP contribution is 2.24. The fourth-order valence-corrected chi connectivity index (χ4v) is 4.87. The second kappa shape index (κ2) is 9.70. The van der Waals surface area contributed by atoms with Crippen LogP contribution >= 0.6 is 0 Å². The lowest BCUT2D eigenvalue weighted by atomic mass is 10.1. The second-order valence-electron chi connectivity index (χ2n) is 8.93. The largest absolute Gasteiger partial charge is 0.465 e. The summed E-state index contributed by atoms with van der Waals surface area (Å²) in [4.78, 5) is 36.3. The fourth-order valence-electron chi connectivity index (χ4n) is 4.87. The van der Waals surface area contributed by atoms with Gasteiger partial charge in [-0.2, -0.15) is 5.10 Å². The Hall–Kier alpha value is -4.39. The van der Waals surface area contributed by atoms with E-state index in [1.807, 2.05) is 46.7 Å². The standard InChI is InChI=1S/C26H27N7O3/c1-3-4-12-32-23-21(30-25(32)31-11-7-9-19(15-31)29-26(35)36)14-27-33(24(23)34)16-22-20-10-6-5-8-18(20)13-17(2)28-22/h5-6,8,10,13-14,19,29H,7,9,11-12,15-16H2,1-2H3,(H,35,36). The predicted octanol–water partition coefficient (Wildman–Crippen LogP) is 2.76. The highest BCUT2D eigenvalue weighted by molar-refractivity contribution is 5.85. The third-order valence-electron chi connectivity index (χ3n) is 6.42. The molecule has 3 aromatic heterocycles. The van der Waals surface area contributed by atoms with Crippen LogP contribution in [0.2, 0.25) is 0 Å². The molecule has 0 bridgehead atoms. The Morgan fingerprint density at radius 2 is 2.11 bits per heavy atom. The molecule has 1 amide bonds. The zero-order chi connectivity index (χ0) is 25.2. The van der Waals surface area contributed by atoms with Gasteiger partial charge in [-0.1, -0.05) is 30.2 Å². The average molecular weight is 486 g/mol. The summed E-state index contributed by atoms with van der Waals surface area (Å²) < 4.78 is 3.24. The van der Waals surface area contributed by atoms with Crippen molar-refractivity contribution in [2.24, 2.45) is 0 Å². The number of nitrogens with one attached hydrogen (secondary N) is 1. The average Bonchev–Trinajstić information content (AvgIpc) is 3.23. The van der Waals surface area contributed by atoms with Crippen molar-refractivity contribution in [1.82, 2.24) is 29.6 Å². The van der Waals surface area contributed by atoms with Crippen molar-refractivity contribution in [2.45, 2.75) is 45.8 Å². The summed E-state index contributed by atoms with van der Waals surface area (Å²) in [5, 5.41) is 18.2. The van der Waals surface area contributed by atoms with Gasteiger partial charge in [0.25, 0.3) is 5.56 Å². The Morgan fingerprint density at radius 3 is 2.92 bits per heavy atom. The van der Waals surface area contributed by atoms with E-state index in [4.69, 9.17) is 15.1 Å². The van der Waals surface area contributed by atoms with Gasteiger partial charge in [0.05, 0.1) is 25.0 Å². The number of benzene rings is 1. The number of carboxylic acid groups (broad SMARTS) is 1. The van der Waals surface area contributed by atoms with Crippen LogP contribution in [0.5, 0.6) is 0 Å². The lowest BCUT2D eigenvalue weighted by Gasteiger charge is -2.33. The Bertz CT molecular complexity index is 1580. The molecule has 36 heavy (non-hydrogen) atoms. The Labute approximate surface area is 207 Å². The van der Waals surface area contributed by atoms with E-state index in [1.54, 1.807) is 13.1 Å². The molecule has 1 saturated heterocycles. The molecule has 1 unspecified atom stereocenters. The van der Waals surface area contributed by atoms with Gasteiger partial charge in [0, 0.05) is 30.2 Å². The molecule has 1 aliphatic heterocycles. The molecule has 10 nitrogen and oxygen atoms in total. The van der Waals surface area contributed by atoms with Crippen molar-refractivity contribution in [3.05, 3.63) is 58.3 Å². The van der Waals surface area contributed by atoms with Crippen molar-refractivity contribution in [3.8, 4) is 11.8 Å². The van der Waals surface area contributed by atoms with Crippen LogP contribution < -0.4 is 15.8 Å². The van der Waals surface area contributed by atoms with Crippen molar-refractivity contribution in [2.75, 3.05) is 18.0 Å². The minimum absolute atomic E-state index is 0.211. The number of rotatable bonds is 5. The number of hydrogen-bond donors (Lipinski definition) is 2. The molecular weight excluding hydrogens is 458 g/mol.